The van der Waals surface area contributed by atoms with Gasteiger partial charge in [0.1, 0.15) is 5.60 Å². The quantitative estimate of drug-likeness (QED) is 0.870. The van der Waals surface area contributed by atoms with Crippen molar-refractivity contribution in [1.29, 1.82) is 0 Å². The first-order valence-electron chi connectivity index (χ1n) is 8.51. The van der Waals surface area contributed by atoms with Gasteiger partial charge in [-0.2, -0.15) is 0 Å². The van der Waals surface area contributed by atoms with E-state index in [2.05, 4.69) is 0 Å². The molecule has 1 aliphatic heterocycles. The van der Waals surface area contributed by atoms with E-state index in [0.717, 1.165) is 5.56 Å². The third-order valence-corrected chi connectivity index (χ3v) is 4.96. The number of hydrogen-bond acceptors (Lipinski definition) is 4. The zero-order valence-corrected chi connectivity index (χ0v) is 15.9. The highest BCUT2D eigenvalue weighted by atomic mass is 16.5. The molecule has 0 aliphatic carbocycles. The number of aliphatic hydroxyl groups excluding tert-OH is 1. The molecule has 25 heavy (non-hydrogen) atoms. The van der Waals surface area contributed by atoms with Crippen molar-refractivity contribution in [2.24, 2.45) is 5.41 Å². The maximum Gasteiger partial charge on any atom is 0.407 e. The van der Waals surface area contributed by atoms with Crippen LogP contribution in [-0.2, 0) is 0 Å². The summed E-state index contributed by atoms with van der Waals surface area (Å²) in [6.45, 7) is 10.2. The molecule has 1 saturated heterocycles. The van der Waals surface area contributed by atoms with Crippen LogP contribution in [0.2, 0.25) is 0 Å². The number of nitrogens with zero attached hydrogens (tertiary/aromatic N) is 1. The second kappa shape index (κ2) is 6.75. The van der Waals surface area contributed by atoms with E-state index in [9.17, 15) is 15.0 Å². The maximum atomic E-state index is 11.4. The molecule has 1 fully saturated rings. The Bertz CT molecular complexity index is 637. The SMILES string of the molecule is COc1ccc(C2CN(C(=O)O)C[C@]2(C)[C@@H](C)O)cc1OC(C)(C)C. The van der Waals surface area contributed by atoms with Crippen molar-refractivity contribution in [3.05, 3.63) is 23.8 Å². The summed E-state index contributed by atoms with van der Waals surface area (Å²) in [7, 11) is 1.59. The summed E-state index contributed by atoms with van der Waals surface area (Å²) in [5, 5.41) is 19.7. The molecule has 3 atom stereocenters. The van der Waals surface area contributed by atoms with Crippen molar-refractivity contribution >= 4 is 6.09 Å². The van der Waals surface area contributed by atoms with E-state index in [0.29, 0.717) is 24.6 Å². The summed E-state index contributed by atoms with van der Waals surface area (Å²) < 4.78 is 11.4. The van der Waals surface area contributed by atoms with Crippen LogP contribution < -0.4 is 9.47 Å². The van der Waals surface area contributed by atoms with Gasteiger partial charge >= 0.3 is 6.09 Å². The van der Waals surface area contributed by atoms with Crippen LogP contribution in [0.15, 0.2) is 18.2 Å². The first-order chi connectivity index (χ1) is 11.5. The van der Waals surface area contributed by atoms with Gasteiger partial charge in [-0.05, 0) is 45.4 Å². The smallest absolute Gasteiger partial charge is 0.407 e. The minimum Gasteiger partial charge on any atom is -0.493 e. The summed E-state index contributed by atoms with van der Waals surface area (Å²) in [5.41, 5.74) is -0.0129. The summed E-state index contributed by atoms with van der Waals surface area (Å²) >= 11 is 0. The van der Waals surface area contributed by atoms with E-state index in [-0.39, 0.29) is 11.5 Å². The number of ether oxygens (including phenoxy) is 2. The van der Waals surface area contributed by atoms with Crippen molar-refractivity contribution in [1.82, 2.24) is 4.90 Å². The minimum absolute atomic E-state index is 0.128. The van der Waals surface area contributed by atoms with Gasteiger partial charge in [0, 0.05) is 24.4 Å². The van der Waals surface area contributed by atoms with E-state index in [4.69, 9.17) is 9.47 Å². The Morgan fingerprint density at radius 3 is 2.48 bits per heavy atom. The fourth-order valence-electron chi connectivity index (χ4n) is 3.39. The molecule has 0 bridgehead atoms. The van der Waals surface area contributed by atoms with E-state index in [1.165, 1.54) is 4.90 Å². The molecule has 2 rings (SSSR count). The lowest BCUT2D eigenvalue weighted by Crippen LogP contribution is -2.37. The number of amides is 1. The highest BCUT2D eigenvalue weighted by molar-refractivity contribution is 5.66. The molecule has 1 heterocycles. The number of hydrogen-bond donors (Lipinski definition) is 2. The Morgan fingerprint density at radius 2 is 2.00 bits per heavy atom. The number of benzene rings is 1. The van der Waals surface area contributed by atoms with E-state index in [1.54, 1.807) is 14.0 Å². The Morgan fingerprint density at radius 1 is 1.36 bits per heavy atom. The van der Waals surface area contributed by atoms with Crippen LogP contribution in [0.3, 0.4) is 0 Å². The Labute approximate surface area is 149 Å². The Hall–Kier alpha value is -1.95. The highest BCUT2D eigenvalue weighted by Gasteiger charge is 2.48. The van der Waals surface area contributed by atoms with Crippen molar-refractivity contribution < 1.29 is 24.5 Å². The lowest BCUT2D eigenvalue weighted by molar-refractivity contribution is 0.0480. The highest BCUT2D eigenvalue weighted by Crippen LogP contribution is 2.47. The van der Waals surface area contributed by atoms with Crippen LogP contribution >= 0.6 is 0 Å². The predicted molar refractivity (Wildman–Crippen MR) is 95.5 cm³/mol. The molecule has 0 aromatic heterocycles. The minimum atomic E-state index is -0.964. The van der Waals surface area contributed by atoms with Crippen LogP contribution in [0.4, 0.5) is 4.79 Å². The molecule has 2 N–H and O–H groups in total. The fraction of sp³-hybridized carbons (Fsp3) is 0.632. The molecule has 1 aromatic rings. The van der Waals surface area contributed by atoms with Gasteiger partial charge in [-0.1, -0.05) is 13.0 Å². The maximum absolute atomic E-state index is 11.4. The standard InChI is InChI=1S/C19H29NO5/c1-12(21)19(5)11-20(17(22)23)10-14(19)13-7-8-15(24-6)16(9-13)25-18(2,3)4/h7-9,12,14,21H,10-11H2,1-6H3,(H,22,23)/t12-,14?,19-/m1/s1. The molecule has 6 nitrogen and oxygen atoms in total. The van der Waals surface area contributed by atoms with Crippen molar-refractivity contribution in [3.8, 4) is 11.5 Å². The van der Waals surface area contributed by atoms with Crippen LogP contribution in [0, 0.1) is 5.41 Å². The van der Waals surface area contributed by atoms with Crippen LogP contribution in [0.5, 0.6) is 11.5 Å². The van der Waals surface area contributed by atoms with Gasteiger partial charge in [0.05, 0.1) is 13.2 Å². The summed E-state index contributed by atoms with van der Waals surface area (Å²) in [5.74, 6) is 1.12. The first kappa shape index (κ1) is 19.4. The van der Waals surface area contributed by atoms with Gasteiger partial charge < -0.3 is 24.6 Å². The summed E-state index contributed by atoms with van der Waals surface area (Å²) in [6.07, 6.45) is -1.61. The van der Waals surface area contributed by atoms with Crippen LogP contribution in [-0.4, -0.2) is 53.1 Å². The second-order valence-electron chi connectivity index (χ2n) is 8.02. The van der Waals surface area contributed by atoms with Crippen molar-refractivity contribution in [2.75, 3.05) is 20.2 Å². The van der Waals surface area contributed by atoms with Crippen molar-refractivity contribution in [2.45, 2.75) is 52.2 Å². The zero-order valence-electron chi connectivity index (χ0n) is 15.9. The van der Waals surface area contributed by atoms with Gasteiger partial charge in [0.15, 0.2) is 11.5 Å². The number of methoxy groups -OCH3 is 1. The molecule has 6 heteroatoms. The van der Waals surface area contributed by atoms with E-state index >= 15 is 0 Å². The van der Waals surface area contributed by atoms with E-state index < -0.39 is 17.6 Å². The summed E-state index contributed by atoms with van der Waals surface area (Å²) in [6, 6.07) is 5.66. The third-order valence-electron chi connectivity index (χ3n) is 4.96. The second-order valence-corrected chi connectivity index (χ2v) is 8.02. The average molecular weight is 351 g/mol. The molecule has 0 radical (unpaired) electrons. The monoisotopic (exact) mass is 351 g/mol. The van der Waals surface area contributed by atoms with E-state index in [1.807, 2.05) is 45.9 Å². The van der Waals surface area contributed by atoms with Crippen LogP contribution in [0.25, 0.3) is 0 Å². The Kier molecular flexibility index (Phi) is 5.23. The van der Waals surface area contributed by atoms with Gasteiger partial charge in [-0.25, -0.2) is 4.79 Å². The fourth-order valence-corrected chi connectivity index (χ4v) is 3.39. The largest absolute Gasteiger partial charge is 0.493 e. The molecule has 1 amide bonds. The summed E-state index contributed by atoms with van der Waals surface area (Å²) in [4.78, 5) is 12.8. The average Bonchev–Trinajstić information content (AvgIpc) is 2.85. The molecule has 0 spiro atoms. The lowest BCUT2D eigenvalue weighted by atomic mass is 9.72. The Balaban J connectivity index is 2.45. The first-order valence-corrected chi connectivity index (χ1v) is 8.51. The van der Waals surface area contributed by atoms with Gasteiger partial charge in [-0.3, -0.25) is 0 Å². The molecule has 1 unspecified atom stereocenters. The zero-order chi connectivity index (χ0) is 19.0. The number of rotatable bonds is 4. The molecular weight excluding hydrogens is 322 g/mol. The predicted octanol–water partition coefficient (Wildman–Crippen LogP) is 3.34. The van der Waals surface area contributed by atoms with Gasteiger partial charge in [-0.15, -0.1) is 0 Å². The van der Waals surface area contributed by atoms with Gasteiger partial charge in [0.2, 0.25) is 0 Å². The third kappa shape index (κ3) is 4.00. The van der Waals surface area contributed by atoms with Crippen molar-refractivity contribution in [3.63, 3.8) is 0 Å². The number of carbonyl (C=O) groups is 1. The van der Waals surface area contributed by atoms with Gasteiger partial charge in [0.25, 0.3) is 0 Å². The molecule has 1 aliphatic rings. The molecule has 1 aromatic carbocycles. The number of likely N-dealkylation sites (tertiary alicyclic amines) is 1. The number of carboxylic acid groups (broad SMARTS) is 1. The molecule has 0 saturated carbocycles. The topological polar surface area (TPSA) is 79.2 Å². The molecule has 140 valence electrons. The van der Waals surface area contributed by atoms with Crippen LogP contribution in [0.1, 0.15) is 46.1 Å². The molecular formula is C19H29NO5. The normalized spacial score (nSPS) is 24.9. The lowest BCUT2D eigenvalue weighted by Gasteiger charge is -2.34. The number of aliphatic hydroxyl groups is 1.